The number of aromatic nitrogens is 1. The molecule has 0 radical (unpaired) electrons. The van der Waals surface area contributed by atoms with Crippen molar-refractivity contribution in [3.8, 4) is 5.75 Å². The van der Waals surface area contributed by atoms with Gasteiger partial charge in [-0.25, -0.2) is 4.79 Å². The molecule has 7 nitrogen and oxygen atoms in total. The zero-order chi connectivity index (χ0) is 19.2. The van der Waals surface area contributed by atoms with Crippen LogP contribution in [-0.4, -0.2) is 42.7 Å². The minimum absolute atomic E-state index is 0.177. The first kappa shape index (κ1) is 18.5. The third kappa shape index (κ3) is 4.27. The van der Waals surface area contributed by atoms with Crippen molar-refractivity contribution >= 4 is 22.9 Å². The first-order chi connectivity index (χ1) is 13.1. The van der Waals surface area contributed by atoms with Crippen molar-refractivity contribution in [1.82, 2.24) is 15.4 Å². The number of hydrogen-bond acceptors (Lipinski definition) is 4. The van der Waals surface area contributed by atoms with E-state index in [1.54, 1.807) is 24.3 Å². The summed E-state index contributed by atoms with van der Waals surface area (Å²) >= 11 is 0. The average molecular weight is 367 g/mol. The standard InChI is InChI=1S/C20H21N3O4/c1-23(26-2)20(25)27-18-10-6-4-8-16(18)19(24)21-12-11-14-13-22-17-9-5-3-7-15(14)17/h3-10,13,22H,11-12H2,1-2H3,(H,21,24). The van der Waals surface area contributed by atoms with Gasteiger partial charge in [-0.1, -0.05) is 30.3 Å². The lowest BCUT2D eigenvalue weighted by Crippen LogP contribution is -2.30. The molecule has 2 amide bonds. The largest absolute Gasteiger partial charge is 0.439 e. The van der Waals surface area contributed by atoms with Crippen molar-refractivity contribution < 1.29 is 19.2 Å². The highest BCUT2D eigenvalue weighted by atomic mass is 16.7. The molecule has 2 N–H and O–H groups in total. The van der Waals surface area contributed by atoms with Crippen molar-refractivity contribution in [2.45, 2.75) is 6.42 Å². The number of H-pyrrole nitrogens is 1. The smallest absolute Gasteiger partial charge is 0.408 e. The molecule has 0 atom stereocenters. The van der Waals surface area contributed by atoms with Gasteiger partial charge < -0.3 is 15.0 Å². The fourth-order valence-corrected chi connectivity index (χ4v) is 2.72. The third-order valence-electron chi connectivity index (χ3n) is 4.21. The minimum Gasteiger partial charge on any atom is -0.408 e. The van der Waals surface area contributed by atoms with Crippen LogP contribution in [0.3, 0.4) is 0 Å². The normalized spacial score (nSPS) is 10.6. The molecule has 0 unspecified atom stereocenters. The van der Waals surface area contributed by atoms with Crippen LogP contribution in [0.25, 0.3) is 10.9 Å². The SMILES string of the molecule is CON(C)C(=O)Oc1ccccc1C(=O)NCCc1c[nH]c2ccccc12. The highest BCUT2D eigenvalue weighted by Crippen LogP contribution is 2.20. The van der Waals surface area contributed by atoms with Crippen LogP contribution in [0.4, 0.5) is 4.79 Å². The van der Waals surface area contributed by atoms with Crippen molar-refractivity contribution in [2.24, 2.45) is 0 Å². The summed E-state index contributed by atoms with van der Waals surface area (Å²) in [5.41, 5.74) is 2.49. The van der Waals surface area contributed by atoms with Crippen molar-refractivity contribution in [3.63, 3.8) is 0 Å². The second-order valence-corrected chi connectivity index (χ2v) is 5.91. The number of nitrogens with zero attached hydrogens (tertiary/aromatic N) is 1. The molecule has 140 valence electrons. The maximum absolute atomic E-state index is 12.5. The molecule has 0 saturated heterocycles. The van der Waals surface area contributed by atoms with Gasteiger partial charge in [-0.2, -0.15) is 5.06 Å². The van der Waals surface area contributed by atoms with E-state index in [1.807, 2.05) is 30.5 Å². The molecule has 0 aliphatic heterocycles. The zero-order valence-corrected chi connectivity index (χ0v) is 15.2. The van der Waals surface area contributed by atoms with Crippen LogP contribution in [0.1, 0.15) is 15.9 Å². The maximum Gasteiger partial charge on any atom is 0.439 e. The van der Waals surface area contributed by atoms with E-state index in [4.69, 9.17) is 9.57 Å². The van der Waals surface area contributed by atoms with Gasteiger partial charge in [-0.15, -0.1) is 0 Å². The number of carbonyl (C=O) groups excluding carboxylic acids is 2. The first-order valence-corrected chi connectivity index (χ1v) is 8.52. The number of amides is 2. The number of hydroxylamine groups is 2. The summed E-state index contributed by atoms with van der Waals surface area (Å²) in [4.78, 5) is 32.4. The molecule has 7 heteroatoms. The zero-order valence-electron chi connectivity index (χ0n) is 15.2. The lowest BCUT2D eigenvalue weighted by molar-refractivity contribution is -0.0790. The molecule has 0 saturated carbocycles. The van der Waals surface area contributed by atoms with Gasteiger partial charge in [-0.05, 0) is 30.2 Å². The number of carbonyl (C=O) groups is 2. The topological polar surface area (TPSA) is 83.7 Å². The number of para-hydroxylation sites is 2. The average Bonchev–Trinajstić information content (AvgIpc) is 3.11. The van der Waals surface area contributed by atoms with Crippen LogP contribution in [0.5, 0.6) is 5.75 Å². The van der Waals surface area contributed by atoms with Gasteiger partial charge in [0.1, 0.15) is 5.75 Å². The lowest BCUT2D eigenvalue weighted by Gasteiger charge is -2.15. The molecule has 0 bridgehead atoms. The molecule has 1 aromatic heterocycles. The Morgan fingerprint density at radius 1 is 1.11 bits per heavy atom. The Bertz CT molecular complexity index is 951. The Morgan fingerprint density at radius 2 is 1.85 bits per heavy atom. The summed E-state index contributed by atoms with van der Waals surface area (Å²) in [7, 11) is 2.77. The number of benzene rings is 2. The molecule has 3 rings (SSSR count). The molecular weight excluding hydrogens is 346 g/mol. The molecule has 0 aliphatic rings. The molecule has 0 aliphatic carbocycles. The van der Waals surface area contributed by atoms with Crippen LogP contribution in [0, 0.1) is 0 Å². The summed E-state index contributed by atoms with van der Waals surface area (Å²) in [6.07, 6.45) is 1.92. The molecule has 2 aromatic carbocycles. The monoisotopic (exact) mass is 367 g/mol. The van der Waals surface area contributed by atoms with Gasteiger partial charge in [0.2, 0.25) is 0 Å². The predicted molar refractivity (Wildman–Crippen MR) is 102 cm³/mol. The number of nitrogens with one attached hydrogen (secondary N) is 2. The Labute approximate surface area is 156 Å². The van der Waals surface area contributed by atoms with Crippen LogP contribution in [-0.2, 0) is 11.3 Å². The number of ether oxygens (including phenoxy) is 1. The number of rotatable bonds is 6. The van der Waals surface area contributed by atoms with E-state index in [0.29, 0.717) is 13.0 Å². The van der Waals surface area contributed by atoms with Crippen molar-refractivity contribution in [1.29, 1.82) is 0 Å². The van der Waals surface area contributed by atoms with E-state index in [2.05, 4.69) is 10.3 Å². The van der Waals surface area contributed by atoms with Gasteiger partial charge in [0.05, 0.1) is 12.7 Å². The number of hydrogen-bond donors (Lipinski definition) is 2. The highest BCUT2D eigenvalue weighted by molar-refractivity contribution is 5.97. The lowest BCUT2D eigenvalue weighted by atomic mass is 10.1. The van der Waals surface area contributed by atoms with E-state index >= 15 is 0 Å². The molecule has 0 spiro atoms. The Hall–Kier alpha value is -3.32. The summed E-state index contributed by atoms with van der Waals surface area (Å²) in [5, 5.41) is 4.95. The van der Waals surface area contributed by atoms with E-state index < -0.39 is 6.09 Å². The minimum atomic E-state index is -0.712. The van der Waals surface area contributed by atoms with Crippen molar-refractivity contribution in [3.05, 3.63) is 65.9 Å². The van der Waals surface area contributed by atoms with Gasteiger partial charge in [0, 0.05) is 30.7 Å². The van der Waals surface area contributed by atoms with Gasteiger partial charge in [-0.3, -0.25) is 9.63 Å². The van der Waals surface area contributed by atoms with Crippen LogP contribution < -0.4 is 10.1 Å². The van der Waals surface area contributed by atoms with E-state index in [0.717, 1.165) is 21.5 Å². The second kappa shape index (κ2) is 8.37. The predicted octanol–water partition coefficient (Wildman–Crippen LogP) is 3.13. The number of fused-ring (bicyclic) bond motifs is 1. The van der Waals surface area contributed by atoms with Crippen LogP contribution >= 0.6 is 0 Å². The van der Waals surface area contributed by atoms with E-state index in [-0.39, 0.29) is 17.2 Å². The fraction of sp³-hybridized carbons (Fsp3) is 0.200. The molecule has 1 heterocycles. The molecule has 3 aromatic rings. The summed E-state index contributed by atoms with van der Waals surface area (Å²) in [5.74, 6) is -0.130. The van der Waals surface area contributed by atoms with Crippen molar-refractivity contribution in [2.75, 3.05) is 20.7 Å². The third-order valence-corrected chi connectivity index (χ3v) is 4.21. The van der Waals surface area contributed by atoms with E-state index in [9.17, 15) is 9.59 Å². The summed E-state index contributed by atoms with van der Waals surface area (Å²) in [6.45, 7) is 0.459. The second-order valence-electron chi connectivity index (χ2n) is 5.91. The Kier molecular flexibility index (Phi) is 5.73. The maximum atomic E-state index is 12.5. The molecule has 27 heavy (non-hydrogen) atoms. The first-order valence-electron chi connectivity index (χ1n) is 8.52. The molecule has 0 fully saturated rings. The van der Waals surface area contributed by atoms with Gasteiger partial charge in [0.15, 0.2) is 0 Å². The summed E-state index contributed by atoms with van der Waals surface area (Å²) in [6, 6.07) is 14.6. The summed E-state index contributed by atoms with van der Waals surface area (Å²) < 4.78 is 5.23. The molecular formula is C20H21N3O4. The fourth-order valence-electron chi connectivity index (χ4n) is 2.72. The quantitative estimate of drug-likeness (QED) is 0.656. The van der Waals surface area contributed by atoms with Gasteiger partial charge in [0.25, 0.3) is 5.91 Å². The highest BCUT2D eigenvalue weighted by Gasteiger charge is 2.17. The van der Waals surface area contributed by atoms with Crippen LogP contribution in [0.2, 0.25) is 0 Å². The number of aromatic amines is 1. The van der Waals surface area contributed by atoms with Gasteiger partial charge >= 0.3 is 6.09 Å². The van der Waals surface area contributed by atoms with Crippen LogP contribution in [0.15, 0.2) is 54.7 Å². The van der Waals surface area contributed by atoms with E-state index in [1.165, 1.54) is 14.2 Å². The Morgan fingerprint density at radius 3 is 2.67 bits per heavy atom. The Balaban J connectivity index is 1.63.